The van der Waals surface area contributed by atoms with Gasteiger partial charge < -0.3 is 4.98 Å². The van der Waals surface area contributed by atoms with Crippen molar-refractivity contribution in [2.24, 2.45) is 0 Å². The molecule has 0 bridgehead atoms. The summed E-state index contributed by atoms with van der Waals surface area (Å²) in [5.74, 6) is 0. The summed E-state index contributed by atoms with van der Waals surface area (Å²) in [4.78, 5) is 5.68. The van der Waals surface area contributed by atoms with Crippen molar-refractivity contribution in [2.75, 3.05) is 13.6 Å². The highest BCUT2D eigenvalue weighted by molar-refractivity contribution is 5.10. The minimum absolute atomic E-state index is 0.644. The average molecular weight is 150 g/mol. The Hall–Kier alpha value is -0.760. The molecule has 1 atom stereocenters. The fourth-order valence-electron chi connectivity index (χ4n) is 1.85. The first kappa shape index (κ1) is 6.92. The van der Waals surface area contributed by atoms with Crippen molar-refractivity contribution in [1.29, 1.82) is 0 Å². The summed E-state index contributed by atoms with van der Waals surface area (Å²) < 4.78 is 0. The molecule has 0 saturated carbocycles. The van der Waals surface area contributed by atoms with E-state index < -0.39 is 0 Å². The van der Waals surface area contributed by atoms with Crippen LogP contribution in [0, 0.1) is 0 Å². The van der Waals surface area contributed by atoms with Gasteiger partial charge in [0, 0.05) is 17.9 Å². The number of rotatable bonds is 1. The van der Waals surface area contributed by atoms with E-state index in [1.54, 1.807) is 0 Å². The molecule has 1 aromatic rings. The van der Waals surface area contributed by atoms with Gasteiger partial charge in [-0.1, -0.05) is 0 Å². The summed E-state index contributed by atoms with van der Waals surface area (Å²) in [6, 6.07) is 4.89. The highest BCUT2D eigenvalue weighted by Gasteiger charge is 2.22. The summed E-state index contributed by atoms with van der Waals surface area (Å²) >= 11 is 0. The van der Waals surface area contributed by atoms with Gasteiger partial charge in [0.15, 0.2) is 0 Å². The second-order valence-corrected chi connectivity index (χ2v) is 3.26. The lowest BCUT2D eigenvalue weighted by Crippen LogP contribution is -2.17. The van der Waals surface area contributed by atoms with Crippen LogP contribution in [-0.4, -0.2) is 23.5 Å². The Morgan fingerprint density at radius 3 is 3.09 bits per heavy atom. The SMILES string of the molecule is CN1CCC[C@@H]1c1ccc[nH]1. The summed E-state index contributed by atoms with van der Waals surface area (Å²) in [5.41, 5.74) is 1.37. The van der Waals surface area contributed by atoms with Gasteiger partial charge in [-0.2, -0.15) is 0 Å². The summed E-state index contributed by atoms with van der Waals surface area (Å²) in [6.07, 6.45) is 4.64. The lowest BCUT2D eigenvalue weighted by Gasteiger charge is -2.17. The Balaban J connectivity index is 2.16. The quantitative estimate of drug-likeness (QED) is 0.646. The molecule has 2 heterocycles. The first-order chi connectivity index (χ1) is 5.38. The summed E-state index contributed by atoms with van der Waals surface area (Å²) in [6.45, 7) is 1.24. The number of likely N-dealkylation sites (tertiary alicyclic amines) is 1. The minimum Gasteiger partial charge on any atom is -0.364 e. The van der Waals surface area contributed by atoms with Gasteiger partial charge in [0.05, 0.1) is 0 Å². The third kappa shape index (κ3) is 1.18. The molecule has 0 radical (unpaired) electrons. The molecule has 1 fully saturated rings. The Bertz CT molecular complexity index is 215. The fraction of sp³-hybridized carbons (Fsp3) is 0.556. The highest BCUT2D eigenvalue weighted by Crippen LogP contribution is 2.28. The zero-order chi connectivity index (χ0) is 7.68. The van der Waals surface area contributed by atoms with Crippen LogP contribution >= 0.6 is 0 Å². The molecule has 2 heteroatoms. The van der Waals surface area contributed by atoms with E-state index in [1.165, 1.54) is 25.1 Å². The molecular weight excluding hydrogens is 136 g/mol. The lowest BCUT2D eigenvalue weighted by molar-refractivity contribution is 0.313. The summed E-state index contributed by atoms with van der Waals surface area (Å²) in [5, 5.41) is 0. The Morgan fingerprint density at radius 2 is 2.55 bits per heavy atom. The molecule has 2 rings (SSSR count). The molecular formula is C9H14N2. The number of nitrogens with zero attached hydrogens (tertiary/aromatic N) is 1. The maximum atomic E-state index is 3.27. The van der Waals surface area contributed by atoms with E-state index in [4.69, 9.17) is 0 Å². The molecule has 2 nitrogen and oxygen atoms in total. The molecule has 1 aliphatic rings. The summed E-state index contributed by atoms with van der Waals surface area (Å²) in [7, 11) is 2.19. The van der Waals surface area contributed by atoms with E-state index in [0.717, 1.165) is 0 Å². The van der Waals surface area contributed by atoms with Crippen LogP contribution in [-0.2, 0) is 0 Å². The molecule has 1 saturated heterocycles. The standard InChI is InChI=1S/C9H14N2/c1-11-7-3-5-9(11)8-4-2-6-10-8/h2,4,6,9-10H,3,5,7H2,1H3/t9-/m1/s1. The zero-order valence-corrected chi connectivity index (χ0v) is 6.88. The number of aromatic nitrogens is 1. The van der Waals surface area contributed by atoms with E-state index in [-0.39, 0.29) is 0 Å². The first-order valence-electron chi connectivity index (χ1n) is 4.21. The number of H-pyrrole nitrogens is 1. The number of nitrogens with one attached hydrogen (secondary N) is 1. The second kappa shape index (κ2) is 2.70. The van der Waals surface area contributed by atoms with Crippen LogP contribution < -0.4 is 0 Å². The third-order valence-corrected chi connectivity index (χ3v) is 2.50. The van der Waals surface area contributed by atoms with Crippen LogP contribution in [0.3, 0.4) is 0 Å². The number of aromatic amines is 1. The van der Waals surface area contributed by atoms with Gasteiger partial charge in [0.1, 0.15) is 0 Å². The van der Waals surface area contributed by atoms with Crippen molar-refractivity contribution >= 4 is 0 Å². The minimum atomic E-state index is 0.644. The van der Waals surface area contributed by atoms with Crippen molar-refractivity contribution in [3.05, 3.63) is 24.0 Å². The molecule has 0 amide bonds. The van der Waals surface area contributed by atoms with Crippen LogP contribution in [0.5, 0.6) is 0 Å². The van der Waals surface area contributed by atoms with E-state index in [0.29, 0.717) is 6.04 Å². The molecule has 11 heavy (non-hydrogen) atoms. The molecule has 1 aliphatic heterocycles. The van der Waals surface area contributed by atoms with Gasteiger partial charge >= 0.3 is 0 Å². The first-order valence-corrected chi connectivity index (χ1v) is 4.21. The molecule has 1 N–H and O–H groups in total. The largest absolute Gasteiger partial charge is 0.364 e. The highest BCUT2D eigenvalue weighted by atomic mass is 15.2. The maximum absolute atomic E-state index is 3.27. The van der Waals surface area contributed by atoms with Gasteiger partial charge in [0.25, 0.3) is 0 Å². The van der Waals surface area contributed by atoms with Crippen molar-refractivity contribution in [1.82, 2.24) is 9.88 Å². The van der Waals surface area contributed by atoms with Gasteiger partial charge in [0.2, 0.25) is 0 Å². The third-order valence-electron chi connectivity index (χ3n) is 2.50. The predicted molar refractivity (Wildman–Crippen MR) is 45.4 cm³/mol. The lowest BCUT2D eigenvalue weighted by atomic mass is 10.1. The Kier molecular flexibility index (Phi) is 1.70. The zero-order valence-electron chi connectivity index (χ0n) is 6.88. The fourth-order valence-corrected chi connectivity index (χ4v) is 1.85. The van der Waals surface area contributed by atoms with Crippen LogP contribution in [0.15, 0.2) is 18.3 Å². The molecule has 0 spiro atoms. The van der Waals surface area contributed by atoms with E-state index >= 15 is 0 Å². The van der Waals surface area contributed by atoms with E-state index in [1.807, 2.05) is 6.20 Å². The van der Waals surface area contributed by atoms with Crippen molar-refractivity contribution in [3.8, 4) is 0 Å². The van der Waals surface area contributed by atoms with Crippen LogP contribution in [0.25, 0.3) is 0 Å². The molecule has 0 unspecified atom stereocenters. The van der Waals surface area contributed by atoms with Crippen molar-refractivity contribution in [2.45, 2.75) is 18.9 Å². The van der Waals surface area contributed by atoms with Gasteiger partial charge in [-0.25, -0.2) is 0 Å². The van der Waals surface area contributed by atoms with Crippen LogP contribution in [0.4, 0.5) is 0 Å². The molecule has 0 aromatic carbocycles. The van der Waals surface area contributed by atoms with Gasteiger partial charge in [-0.15, -0.1) is 0 Å². The molecule has 60 valence electrons. The maximum Gasteiger partial charge on any atom is 0.0495 e. The predicted octanol–water partition coefficient (Wildman–Crippen LogP) is 1.78. The van der Waals surface area contributed by atoms with E-state index in [9.17, 15) is 0 Å². The smallest absolute Gasteiger partial charge is 0.0495 e. The van der Waals surface area contributed by atoms with Crippen molar-refractivity contribution < 1.29 is 0 Å². The Morgan fingerprint density at radius 1 is 1.64 bits per heavy atom. The number of hydrogen-bond acceptors (Lipinski definition) is 1. The van der Waals surface area contributed by atoms with Crippen LogP contribution in [0.1, 0.15) is 24.6 Å². The normalized spacial score (nSPS) is 26.1. The van der Waals surface area contributed by atoms with E-state index in [2.05, 4.69) is 29.1 Å². The number of hydrogen-bond donors (Lipinski definition) is 1. The van der Waals surface area contributed by atoms with Gasteiger partial charge in [-0.3, -0.25) is 4.90 Å². The second-order valence-electron chi connectivity index (χ2n) is 3.26. The monoisotopic (exact) mass is 150 g/mol. The van der Waals surface area contributed by atoms with Gasteiger partial charge in [-0.05, 0) is 38.6 Å². The Labute approximate surface area is 67.2 Å². The average Bonchev–Trinajstić information content (AvgIpc) is 2.55. The van der Waals surface area contributed by atoms with Crippen LogP contribution in [0.2, 0.25) is 0 Å². The molecule has 1 aromatic heterocycles. The molecule has 0 aliphatic carbocycles. The topological polar surface area (TPSA) is 19.0 Å². The van der Waals surface area contributed by atoms with Crippen molar-refractivity contribution in [3.63, 3.8) is 0 Å².